The first-order valence-corrected chi connectivity index (χ1v) is 6.71. The Morgan fingerprint density at radius 3 is 2.45 bits per heavy atom. The van der Waals surface area contributed by atoms with Gasteiger partial charge in [0.05, 0.1) is 12.0 Å². The molecule has 20 heavy (non-hydrogen) atoms. The van der Waals surface area contributed by atoms with Crippen LogP contribution in [0, 0.1) is 5.82 Å². The standard InChI is InChI=1S/C15H23FN2O2/c1-15(2,20-3)11-14(19)18(10-4-9-17)13-7-5-12(16)6-8-13/h5-8H,4,9-11,17H2,1-3H3. The Balaban J connectivity index is 2.88. The van der Waals surface area contributed by atoms with Gasteiger partial charge in [-0.05, 0) is 51.1 Å². The van der Waals surface area contributed by atoms with Crippen molar-refractivity contribution in [3.63, 3.8) is 0 Å². The van der Waals surface area contributed by atoms with Crippen molar-refractivity contribution in [2.75, 3.05) is 25.1 Å². The maximum Gasteiger partial charge on any atom is 0.229 e. The summed E-state index contributed by atoms with van der Waals surface area (Å²) in [6, 6.07) is 5.89. The van der Waals surface area contributed by atoms with Crippen molar-refractivity contribution in [3.05, 3.63) is 30.1 Å². The molecule has 0 aromatic heterocycles. The third-order valence-electron chi connectivity index (χ3n) is 3.15. The van der Waals surface area contributed by atoms with E-state index in [0.717, 1.165) is 0 Å². The number of anilines is 1. The minimum absolute atomic E-state index is 0.0584. The third-order valence-corrected chi connectivity index (χ3v) is 3.15. The molecule has 0 saturated heterocycles. The fraction of sp³-hybridized carbons (Fsp3) is 0.533. The smallest absolute Gasteiger partial charge is 0.229 e. The Hall–Kier alpha value is -1.46. The van der Waals surface area contributed by atoms with E-state index in [1.54, 1.807) is 24.1 Å². The molecule has 4 nitrogen and oxygen atoms in total. The van der Waals surface area contributed by atoms with Crippen molar-refractivity contribution >= 4 is 11.6 Å². The lowest BCUT2D eigenvalue weighted by molar-refractivity contribution is -0.123. The number of nitrogens with zero attached hydrogens (tertiary/aromatic N) is 1. The van der Waals surface area contributed by atoms with Gasteiger partial charge in [0.2, 0.25) is 5.91 Å². The van der Waals surface area contributed by atoms with Gasteiger partial charge in [-0.25, -0.2) is 4.39 Å². The minimum atomic E-state index is -0.530. The summed E-state index contributed by atoms with van der Waals surface area (Å²) in [6.45, 7) is 4.73. The van der Waals surface area contributed by atoms with Crippen LogP contribution in [0.5, 0.6) is 0 Å². The van der Waals surface area contributed by atoms with Gasteiger partial charge in [0.15, 0.2) is 0 Å². The fourth-order valence-corrected chi connectivity index (χ4v) is 1.80. The molecule has 2 N–H and O–H groups in total. The predicted octanol–water partition coefficient (Wildman–Crippen LogP) is 2.32. The largest absolute Gasteiger partial charge is 0.378 e. The van der Waals surface area contributed by atoms with Crippen LogP contribution in [0.2, 0.25) is 0 Å². The highest BCUT2D eigenvalue weighted by Gasteiger charge is 2.25. The summed E-state index contributed by atoms with van der Waals surface area (Å²) >= 11 is 0. The Morgan fingerprint density at radius 1 is 1.35 bits per heavy atom. The Morgan fingerprint density at radius 2 is 1.95 bits per heavy atom. The second kappa shape index (κ2) is 7.36. The van der Waals surface area contributed by atoms with E-state index in [-0.39, 0.29) is 18.1 Å². The van der Waals surface area contributed by atoms with Crippen LogP contribution >= 0.6 is 0 Å². The number of carbonyl (C=O) groups is 1. The molecule has 1 amide bonds. The van der Waals surface area contributed by atoms with Gasteiger partial charge in [-0.2, -0.15) is 0 Å². The van der Waals surface area contributed by atoms with Crippen LogP contribution in [0.4, 0.5) is 10.1 Å². The topological polar surface area (TPSA) is 55.6 Å². The molecule has 1 aromatic carbocycles. The van der Waals surface area contributed by atoms with Crippen LogP contribution in [-0.4, -0.2) is 31.7 Å². The fourth-order valence-electron chi connectivity index (χ4n) is 1.80. The van der Waals surface area contributed by atoms with Crippen molar-refractivity contribution in [3.8, 4) is 0 Å². The first-order chi connectivity index (χ1) is 9.39. The van der Waals surface area contributed by atoms with E-state index < -0.39 is 5.60 Å². The lowest BCUT2D eigenvalue weighted by atomic mass is 10.0. The number of rotatable bonds is 7. The van der Waals surface area contributed by atoms with Gasteiger partial charge in [-0.3, -0.25) is 4.79 Å². The summed E-state index contributed by atoms with van der Waals surface area (Å²) in [5.74, 6) is -0.380. The van der Waals surface area contributed by atoms with Gasteiger partial charge in [0.25, 0.3) is 0 Å². The summed E-state index contributed by atoms with van der Waals surface area (Å²) in [4.78, 5) is 14.1. The van der Waals surface area contributed by atoms with E-state index in [1.807, 2.05) is 13.8 Å². The lowest BCUT2D eigenvalue weighted by Gasteiger charge is -2.28. The molecule has 0 saturated carbocycles. The van der Waals surface area contributed by atoms with E-state index in [9.17, 15) is 9.18 Å². The molecule has 0 heterocycles. The monoisotopic (exact) mass is 282 g/mol. The minimum Gasteiger partial charge on any atom is -0.378 e. The van der Waals surface area contributed by atoms with Gasteiger partial charge in [-0.15, -0.1) is 0 Å². The first-order valence-electron chi connectivity index (χ1n) is 6.71. The zero-order valence-corrected chi connectivity index (χ0v) is 12.4. The molecule has 5 heteroatoms. The second-order valence-corrected chi connectivity index (χ2v) is 5.30. The van der Waals surface area contributed by atoms with E-state index >= 15 is 0 Å². The number of hydrogen-bond acceptors (Lipinski definition) is 3. The quantitative estimate of drug-likeness (QED) is 0.835. The van der Waals surface area contributed by atoms with Crippen molar-refractivity contribution in [1.29, 1.82) is 0 Å². The normalized spacial score (nSPS) is 11.4. The molecule has 0 aliphatic carbocycles. The Bertz CT molecular complexity index is 432. The number of ether oxygens (including phenoxy) is 1. The van der Waals surface area contributed by atoms with Gasteiger partial charge in [0, 0.05) is 19.3 Å². The third kappa shape index (κ3) is 4.90. The molecule has 0 bridgehead atoms. The van der Waals surface area contributed by atoms with Crippen molar-refractivity contribution in [2.24, 2.45) is 5.73 Å². The molecule has 0 spiro atoms. The molecule has 112 valence electrons. The summed E-state index contributed by atoms with van der Waals surface area (Å²) in [7, 11) is 1.58. The van der Waals surface area contributed by atoms with Gasteiger partial charge in [-0.1, -0.05) is 0 Å². The molecular weight excluding hydrogens is 259 g/mol. The predicted molar refractivity (Wildman–Crippen MR) is 78.1 cm³/mol. The van der Waals surface area contributed by atoms with E-state index in [1.165, 1.54) is 12.1 Å². The average Bonchev–Trinajstić information content (AvgIpc) is 2.40. The highest BCUT2D eigenvalue weighted by molar-refractivity contribution is 5.93. The molecule has 1 aromatic rings. The zero-order valence-electron chi connectivity index (χ0n) is 12.4. The summed E-state index contributed by atoms with van der Waals surface area (Å²) in [5, 5.41) is 0. The number of carbonyl (C=O) groups excluding carboxylic acids is 1. The maximum absolute atomic E-state index is 13.0. The van der Waals surface area contributed by atoms with Crippen molar-refractivity contribution < 1.29 is 13.9 Å². The van der Waals surface area contributed by atoms with E-state index in [2.05, 4.69) is 0 Å². The van der Waals surface area contributed by atoms with Crippen LogP contribution in [0.1, 0.15) is 26.7 Å². The molecule has 0 aliphatic rings. The Labute approximate surface area is 119 Å². The van der Waals surface area contributed by atoms with Gasteiger partial charge < -0.3 is 15.4 Å². The van der Waals surface area contributed by atoms with E-state index in [0.29, 0.717) is 25.2 Å². The van der Waals surface area contributed by atoms with Crippen LogP contribution in [-0.2, 0) is 9.53 Å². The number of hydrogen-bond donors (Lipinski definition) is 1. The molecule has 0 unspecified atom stereocenters. The first kappa shape index (κ1) is 16.6. The van der Waals surface area contributed by atoms with Crippen molar-refractivity contribution in [1.82, 2.24) is 0 Å². The molecule has 0 aliphatic heterocycles. The molecule has 0 fully saturated rings. The van der Waals surface area contributed by atoms with Gasteiger partial charge in [0.1, 0.15) is 5.82 Å². The SMILES string of the molecule is COC(C)(C)CC(=O)N(CCCN)c1ccc(F)cc1. The van der Waals surface area contributed by atoms with Crippen molar-refractivity contribution in [2.45, 2.75) is 32.3 Å². The lowest BCUT2D eigenvalue weighted by Crippen LogP contribution is -2.38. The molecule has 0 radical (unpaired) electrons. The van der Waals surface area contributed by atoms with Crippen LogP contribution in [0.3, 0.4) is 0 Å². The number of methoxy groups -OCH3 is 1. The number of halogens is 1. The molecular formula is C15H23FN2O2. The second-order valence-electron chi connectivity index (χ2n) is 5.30. The molecule has 1 rings (SSSR count). The zero-order chi connectivity index (χ0) is 15.2. The summed E-state index contributed by atoms with van der Waals surface area (Å²) in [6.07, 6.45) is 0.946. The van der Waals surface area contributed by atoms with Crippen LogP contribution in [0.15, 0.2) is 24.3 Å². The maximum atomic E-state index is 13.0. The Kier molecular flexibility index (Phi) is 6.10. The summed E-state index contributed by atoms with van der Waals surface area (Å²) < 4.78 is 18.3. The van der Waals surface area contributed by atoms with Gasteiger partial charge >= 0.3 is 0 Å². The highest BCUT2D eigenvalue weighted by atomic mass is 19.1. The van der Waals surface area contributed by atoms with Crippen LogP contribution in [0.25, 0.3) is 0 Å². The number of amides is 1. The molecule has 0 atom stereocenters. The van der Waals surface area contributed by atoms with E-state index in [4.69, 9.17) is 10.5 Å². The van der Waals surface area contributed by atoms with Crippen LogP contribution < -0.4 is 10.6 Å². The summed E-state index contributed by atoms with van der Waals surface area (Å²) in [5.41, 5.74) is 5.66. The number of benzene rings is 1. The highest BCUT2D eigenvalue weighted by Crippen LogP contribution is 2.20. The average molecular weight is 282 g/mol. The number of nitrogens with two attached hydrogens (primary N) is 1.